The van der Waals surface area contributed by atoms with Gasteiger partial charge in [-0.25, -0.2) is 5.01 Å². The van der Waals surface area contributed by atoms with Crippen LogP contribution >= 0.6 is 0 Å². The molecule has 0 bridgehead atoms. The number of nitrogens with zero attached hydrogens (tertiary/aromatic N) is 1. The standard InChI is InChI=1S/C9H20N2O/c1-3-5-7-11(10-9-12)8-6-4-2/h9H,3-8H2,1-2H3,(H,10,12). The van der Waals surface area contributed by atoms with Gasteiger partial charge in [0.15, 0.2) is 0 Å². The normalized spacial score (nSPS) is 10.2. The second-order valence-electron chi connectivity index (χ2n) is 2.94. The molecule has 0 heterocycles. The van der Waals surface area contributed by atoms with E-state index in [1.807, 2.05) is 5.01 Å². The summed E-state index contributed by atoms with van der Waals surface area (Å²) in [5.41, 5.74) is 2.70. The predicted octanol–water partition coefficient (Wildman–Crippen LogP) is 1.55. The van der Waals surface area contributed by atoms with Gasteiger partial charge in [0.1, 0.15) is 0 Å². The van der Waals surface area contributed by atoms with Crippen molar-refractivity contribution in [2.45, 2.75) is 39.5 Å². The zero-order valence-corrected chi connectivity index (χ0v) is 8.18. The third-order valence-corrected chi connectivity index (χ3v) is 1.80. The molecule has 3 heteroatoms. The average molecular weight is 172 g/mol. The lowest BCUT2D eigenvalue weighted by molar-refractivity contribution is -0.113. The number of amides is 1. The SMILES string of the molecule is CCCCN(CCCC)NC=O. The van der Waals surface area contributed by atoms with Crippen LogP contribution < -0.4 is 5.43 Å². The molecular weight excluding hydrogens is 152 g/mol. The maximum Gasteiger partial charge on any atom is 0.221 e. The number of hydrazine groups is 1. The van der Waals surface area contributed by atoms with Gasteiger partial charge in [-0.05, 0) is 12.8 Å². The van der Waals surface area contributed by atoms with Crippen LogP contribution in [0.4, 0.5) is 0 Å². The smallest absolute Gasteiger partial charge is 0.221 e. The van der Waals surface area contributed by atoms with Crippen molar-refractivity contribution in [3.63, 3.8) is 0 Å². The lowest BCUT2D eigenvalue weighted by atomic mass is 10.3. The van der Waals surface area contributed by atoms with Crippen LogP contribution in [0.5, 0.6) is 0 Å². The highest BCUT2D eigenvalue weighted by Crippen LogP contribution is 1.94. The van der Waals surface area contributed by atoms with Crippen LogP contribution in [0.2, 0.25) is 0 Å². The Labute approximate surface area is 75.1 Å². The highest BCUT2D eigenvalue weighted by Gasteiger charge is 2.00. The van der Waals surface area contributed by atoms with Crippen molar-refractivity contribution in [1.29, 1.82) is 0 Å². The first kappa shape index (κ1) is 11.4. The van der Waals surface area contributed by atoms with Crippen LogP contribution in [0.25, 0.3) is 0 Å². The molecule has 0 atom stereocenters. The van der Waals surface area contributed by atoms with E-state index in [1.165, 1.54) is 12.8 Å². The van der Waals surface area contributed by atoms with Crippen molar-refractivity contribution < 1.29 is 4.79 Å². The molecule has 0 spiro atoms. The molecule has 0 aliphatic carbocycles. The van der Waals surface area contributed by atoms with Crippen LogP contribution in [0.15, 0.2) is 0 Å². The van der Waals surface area contributed by atoms with Gasteiger partial charge in [-0.3, -0.25) is 10.2 Å². The third kappa shape index (κ3) is 6.16. The van der Waals surface area contributed by atoms with Gasteiger partial charge in [-0.15, -0.1) is 0 Å². The fourth-order valence-electron chi connectivity index (χ4n) is 1.01. The topological polar surface area (TPSA) is 32.3 Å². The molecule has 0 aromatic heterocycles. The fraction of sp³-hybridized carbons (Fsp3) is 0.889. The van der Waals surface area contributed by atoms with Gasteiger partial charge in [0.2, 0.25) is 6.41 Å². The van der Waals surface area contributed by atoms with E-state index < -0.39 is 0 Å². The first-order valence-electron chi connectivity index (χ1n) is 4.79. The Balaban J connectivity index is 3.46. The monoisotopic (exact) mass is 172 g/mol. The van der Waals surface area contributed by atoms with Gasteiger partial charge in [0.25, 0.3) is 0 Å². The Morgan fingerprint density at radius 2 is 1.67 bits per heavy atom. The van der Waals surface area contributed by atoms with Gasteiger partial charge < -0.3 is 0 Å². The third-order valence-electron chi connectivity index (χ3n) is 1.80. The van der Waals surface area contributed by atoms with E-state index in [1.54, 1.807) is 0 Å². The van der Waals surface area contributed by atoms with E-state index in [4.69, 9.17) is 0 Å². The number of unbranched alkanes of at least 4 members (excludes halogenated alkanes) is 2. The zero-order valence-electron chi connectivity index (χ0n) is 8.18. The molecule has 0 saturated heterocycles. The molecule has 12 heavy (non-hydrogen) atoms. The molecule has 0 radical (unpaired) electrons. The Bertz CT molecular complexity index is 98.7. The number of nitrogens with one attached hydrogen (secondary N) is 1. The molecule has 0 unspecified atom stereocenters. The maximum absolute atomic E-state index is 10.2. The van der Waals surface area contributed by atoms with Gasteiger partial charge in [-0.1, -0.05) is 26.7 Å². The van der Waals surface area contributed by atoms with Crippen molar-refractivity contribution in [3.8, 4) is 0 Å². The van der Waals surface area contributed by atoms with Gasteiger partial charge in [0.05, 0.1) is 0 Å². The van der Waals surface area contributed by atoms with Crippen LogP contribution in [-0.4, -0.2) is 24.5 Å². The second-order valence-corrected chi connectivity index (χ2v) is 2.94. The summed E-state index contributed by atoms with van der Waals surface area (Å²) in [6.07, 6.45) is 5.38. The molecule has 0 aromatic carbocycles. The van der Waals surface area contributed by atoms with Crippen molar-refractivity contribution in [3.05, 3.63) is 0 Å². The summed E-state index contributed by atoms with van der Waals surface area (Å²) < 4.78 is 0. The summed E-state index contributed by atoms with van der Waals surface area (Å²) in [7, 11) is 0. The highest BCUT2D eigenvalue weighted by atomic mass is 16.1. The molecule has 0 saturated carbocycles. The van der Waals surface area contributed by atoms with E-state index in [2.05, 4.69) is 19.3 Å². The van der Waals surface area contributed by atoms with Crippen molar-refractivity contribution in [2.75, 3.05) is 13.1 Å². The number of carbonyl (C=O) groups excluding carboxylic acids is 1. The molecule has 1 amide bonds. The van der Waals surface area contributed by atoms with Crippen LogP contribution in [0.3, 0.4) is 0 Å². The molecule has 3 nitrogen and oxygen atoms in total. The number of hydrogen-bond donors (Lipinski definition) is 1. The minimum Gasteiger partial charge on any atom is -0.292 e. The zero-order chi connectivity index (χ0) is 9.23. The molecule has 0 aliphatic rings. The number of hydrogen-bond acceptors (Lipinski definition) is 2. The summed E-state index contributed by atoms with van der Waals surface area (Å²) in [6, 6.07) is 0. The number of carbonyl (C=O) groups is 1. The van der Waals surface area contributed by atoms with Gasteiger partial charge >= 0.3 is 0 Å². The minimum atomic E-state index is 0.755. The summed E-state index contributed by atoms with van der Waals surface area (Å²) in [5, 5.41) is 1.99. The molecule has 0 aromatic rings. The summed E-state index contributed by atoms with van der Waals surface area (Å²) >= 11 is 0. The Morgan fingerprint density at radius 3 is 2.00 bits per heavy atom. The van der Waals surface area contributed by atoms with E-state index in [0.29, 0.717) is 0 Å². The van der Waals surface area contributed by atoms with Crippen molar-refractivity contribution >= 4 is 6.41 Å². The Morgan fingerprint density at radius 1 is 1.17 bits per heavy atom. The van der Waals surface area contributed by atoms with Crippen LogP contribution in [0.1, 0.15) is 39.5 Å². The van der Waals surface area contributed by atoms with E-state index >= 15 is 0 Å². The molecule has 0 aliphatic heterocycles. The summed E-state index contributed by atoms with van der Waals surface area (Å²) in [5.74, 6) is 0. The summed E-state index contributed by atoms with van der Waals surface area (Å²) in [4.78, 5) is 10.2. The minimum absolute atomic E-state index is 0.755. The first-order chi connectivity index (χ1) is 5.85. The quantitative estimate of drug-likeness (QED) is 0.445. The van der Waals surface area contributed by atoms with Crippen LogP contribution in [-0.2, 0) is 4.79 Å². The molecular formula is C9H20N2O. The Hall–Kier alpha value is -0.570. The number of rotatable bonds is 8. The van der Waals surface area contributed by atoms with E-state index in [9.17, 15) is 4.79 Å². The summed E-state index contributed by atoms with van der Waals surface area (Å²) in [6.45, 7) is 6.24. The van der Waals surface area contributed by atoms with Crippen molar-refractivity contribution in [1.82, 2.24) is 10.4 Å². The van der Waals surface area contributed by atoms with Crippen LogP contribution in [0, 0.1) is 0 Å². The fourth-order valence-corrected chi connectivity index (χ4v) is 1.01. The predicted molar refractivity (Wildman–Crippen MR) is 50.6 cm³/mol. The van der Waals surface area contributed by atoms with Gasteiger partial charge in [0, 0.05) is 13.1 Å². The van der Waals surface area contributed by atoms with Gasteiger partial charge in [-0.2, -0.15) is 0 Å². The average Bonchev–Trinajstić information content (AvgIpc) is 2.10. The molecule has 1 N–H and O–H groups in total. The largest absolute Gasteiger partial charge is 0.292 e. The van der Waals surface area contributed by atoms with E-state index in [-0.39, 0.29) is 0 Å². The van der Waals surface area contributed by atoms with Crippen molar-refractivity contribution in [2.24, 2.45) is 0 Å². The second kappa shape index (κ2) is 8.53. The maximum atomic E-state index is 10.2. The molecule has 0 fully saturated rings. The highest BCUT2D eigenvalue weighted by molar-refractivity contribution is 5.44. The lowest BCUT2D eigenvalue weighted by Crippen LogP contribution is -2.38. The van der Waals surface area contributed by atoms with E-state index in [0.717, 1.165) is 32.3 Å². The lowest BCUT2D eigenvalue weighted by Gasteiger charge is -2.19. The molecule has 72 valence electrons. The first-order valence-corrected chi connectivity index (χ1v) is 4.79. The Kier molecular flexibility index (Phi) is 8.12. The molecule has 0 rings (SSSR count).